The molecule has 2 aromatic carbocycles. The Hall–Kier alpha value is -1.80. The molecule has 96 valence electrons. The minimum absolute atomic E-state index is 0.430. The molecule has 0 aliphatic carbocycles. The van der Waals surface area contributed by atoms with Gasteiger partial charge in [-0.25, -0.2) is 0 Å². The van der Waals surface area contributed by atoms with Gasteiger partial charge in [0, 0.05) is 16.2 Å². The number of rotatable bonds is 4. The summed E-state index contributed by atoms with van der Waals surface area (Å²) in [5.41, 5.74) is 0. The fourth-order valence-corrected chi connectivity index (χ4v) is 2.96. The van der Waals surface area contributed by atoms with Crippen LogP contribution in [-0.2, 0) is 0 Å². The van der Waals surface area contributed by atoms with Crippen molar-refractivity contribution in [2.45, 2.75) is 12.8 Å². The smallest absolute Gasteiger partial charge is 0.127 e. The summed E-state index contributed by atoms with van der Waals surface area (Å²) < 4.78 is 6.01. The van der Waals surface area contributed by atoms with E-state index in [9.17, 15) is 0 Å². The van der Waals surface area contributed by atoms with Crippen LogP contribution >= 0.6 is 11.3 Å². The standard InChI is InChI=1S/C17H16OS/c1-13(17-10-5-11-19-17)12-18-16-9-4-7-14-6-2-3-8-15(14)16/h2-11,13H,12H2,1H3. The number of benzene rings is 2. The van der Waals surface area contributed by atoms with E-state index in [0.29, 0.717) is 12.5 Å². The summed E-state index contributed by atoms with van der Waals surface area (Å²) in [4.78, 5) is 1.38. The molecule has 0 saturated carbocycles. The van der Waals surface area contributed by atoms with Crippen molar-refractivity contribution < 1.29 is 4.74 Å². The molecule has 0 spiro atoms. The number of thiophene rings is 1. The Morgan fingerprint density at radius 2 is 1.84 bits per heavy atom. The molecule has 0 N–H and O–H groups in total. The lowest BCUT2D eigenvalue weighted by Crippen LogP contribution is -2.05. The summed E-state index contributed by atoms with van der Waals surface area (Å²) in [7, 11) is 0. The Morgan fingerprint density at radius 1 is 1.00 bits per heavy atom. The maximum atomic E-state index is 6.01. The highest BCUT2D eigenvalue weighted by Gasteiger charge is 2.08. The molecule has 1 atom stereocenters. The van der Waals surface area contributed by atoms with Crippen molar-refractivity contribution in [3.05, 3.63) is 64.9 Å². The lowest BCUT2D eigenvalue weighted by atomic mass is 10.1. The summed E-state index contributed by atoms with van der Waals surface area (Å²) >= 11 is 1.79. The number of ether oxygens (including phenoxy) is 1. The molecule has 0 fully saturated rings. The average molecular weight is 268 g/mol. The van der Waals surface area contributed by atoms with E-state index < -0.39 is 0 Å². The first-order valence-electron chi connectivity index (χ1n) is 6.48. The normalized spacial score (nSPS) is 12.5. The van der Waals surface area contributed by atoms with Crippen LogP contribution in [-0.4, -0.2) is 6.61 Å². The molecule has 3 rings (SSSR count). The highest BCUT2D eigenvalue weighted by atomic mass is 32.1. The largest absolute Gasteiger partial charge is 0.492 e. The minimum atomic E-state index is 0.430. The van der Waals surface area contributed by atoms with Gasteiger partial charge in [-0.05, 0) is 22.9 Å². The SMILES string of the molecule is CC(COc1cccc2ccccc12)c1cccs1. The lowest BCUT2D eigenvalue weighted by Gasteiger charge is -2.13. The molecule has 3 aromatic rings. The Morgan fingerprint density at radius 3 is 2.68 bits per heavy atom. The molecule has 0 aliphatic rings. The van der Waals surface area contributed by atoms with E-state index in [2.05, 4.69) is 54.8 Å². The third-order valence-corrected chi connectivity index (χ3v) is 4.37. The molecule has 1 unspecified atom stereocenters. The first-order valence-corrected chi connectivity index (χ1v) is 7.36. The van der Waals surface area contributed by atoms with Crippen LogP contribution in [0.1, 0.15) is 17.7 Å². The zero-order valence-corrected chi connectivity index (χ0v) is 11.7. The van der Waals surface area contributed by atoms with Gasteiger partial charge < -0.3 is 4.74 Å². The molecule has 1 nitrogen and oxygen atoms in total. The average Bonchev–Trinajstić information content (AvgIpc) is 2.99. The second-order valence-electron chi connectivity index (χ2n) is 4.70. The monoisotopic (exact) mass is 268 g/mol. The second-order valence-corrected chi connectivity index (χ2v) is 5.68. The summed E-state index contributed by atoms with van der Waals surface area (Å²) in [6.07, 6.45) is 0. The van der Waals surface area contributed by atoms with Crippen LogP contribution in [0.5, 0.6) is 5.75 Å². The maximum Gasteiger partial charge on any atom is 0.127 e. The Labute approximate surface area is 117 Å². The van der Waals surface area contributed by atoms with E-state index in [1.165, 1.54) is 15.6 Å². The molecule has 0 bridgehead atoms. The van der Waals surface area contributed by atoms with E-state index >= 15 is 0 Å². The molecule has 0 saturated heterocycles. The van der Waals surface area contributed by atoms with Crippen LogP contribution in [0.4, 0.5) is 0 Å². The Balaban J connectivity index is 1.79. The van der Waals surface area contributed by atoms with Crippen molar-refractivity contribution in [2.75, 3.05) is 6.61 Å². The molecule has 0 amide bonds. The van der Waals surface area contributed by atoms with E-state index in [4.69, 9.17) is 4.74 Å². The van der Waals surface area contributed by atoms with Gasteiger partial charge in [0.1, 0.15) is 5.75 Å². The molecule has 0 aliphatic heterocycles. The van der Waals surface area contributed by atoms with Crippen LogP contribution in [0.25, 0.3) is 10.8 Å². The van der Waals surface area contributed by atoms with Crippen molar-refractivity contribution in [1.82, 2.24) is 0 Å². The molecule has 0 radical (unpaired) electrons. The third-order valence-electron chi connectivity index (χ3n) is 3.27. The van der Waals surface area contributed by atoms with Gasteiger partial charge in [0.2, 0.25) is 0 Å². The second kappa shape index (κ2) is 5.45. The summed E-state index contributed by atoms with van der Waals surface area (Å²) in [6, 6.07) is 18.8. The fourth-order valence-electron chi connectivity index (χ4n) is 2.19. The van der Waals surface area contributed by atoms with Crippen LogP contribution in [0, 0.1) is 0 Å². The summed E-state index contributed by atoms with van der Waals surface area (Å²) in [5.74, 6) is 1.40. The van der Waals surface area contributed by atoms with Crippen molar-refractivity contribution in [2.24, 2.45) is 0 Å². The number of hydrogen-bond donors (Lipinski definition) is 0. The van der Waals surface area contributed by atoms with Crippen molar-refractivity contribution in [3.63, 3.8) is 0 Å². The molecule has 2 heteroatoms. The van der Waals surface area contributed by atoms with E-state index in [1.54, 1.807) is 11.3 Å². The maximum absolute atomic E-state index is 6.01. The quantitative estimate of drug-likeness (QED) is 0.641. The Bertz CT molecular complexity index is 653. The fraction of sp³-hybridized carbons (Fsp3) is 0.176. The summed E-state index contributed by atoms with van der Waals surface area (Å²) in [5, 5.41) is 4.52. The zero-order chi connectivity index (χ0) is 13.1. The van der Waals surface area contributed by atoms with Crippen molar-refractivity contribution in [1.29, 1.82) is 0 Å². The van der Waals surface area contributed by atoms with Gasteiger partial charge in [-0.15, -0.1) is 11.3 Å². The predicted octanol–water partition coefficient (Wildman–Crippen LogP) is 5.08. The first-order chi connectivity index (χ1) is 9.34. The topological polar surface area (TPSA) is 9.23 Å². The summed E-state index contributed by atoms with van der Waals surface area (Å²) in [6.45, 7) is 2.92. The van der Waals surface area contributed by atoms with Crippen LogP contribution in [0.15, 0.2) is 60.0 Å². The molecular weight excluding hydrogens is 252 g/mol. The van der Waals surface area contributed by atoms with Gasteiger partial charge in [0.15, 0.2) is 0 Å². The zero-order valence-electron chi connectivity index (χ0n) is 10.9. The highest BCUT2D eigenvalue weighted by Crippen LogP contribution is 2.27. The van der Waals surface area contributed by atoms with Gasteiger partial charge in [-0.1, -0.05) is 49.4 Å². The van der Waals surface area contributed by atoms with Gasteiger partial charge in [0.05, 0.1) is 6.61 Å². The molecule has 19 heavy (non-hydrogen) atoms. The van der Waals surface area contributed by atoms with Crippen LogP contribution in [0.3, 0.4) is 0 Å². The minimum Gasteiger partial charge on any atom is -0.492 e. The number of hydrogen-bond acceptors (Lipinski definition) is 2. The van der Waals surface area contributed by atoms with Crippen LogP contribution < -0.4 is 4.74 Å². The predicted molar refractivity (Wildman–Crippen MR) is 82.2 cm³/mol. The molecule has 1 heterocycles. The third kappa shape index (κ3) is 2.64. The first kappa shape index (κ1) is 12.2. The van der Waals surface area contributed by atoms with E-state index in [0.717, 1.165) is 5.75 Å². The van der Waals surface area contributed by atoms with E-state index in [1.807, 2.05) is 12.1 Å². The van der Waals surface area contributed by atoms with Crippen molar-refractivity contribution in [3.8, 4) is 5.75 Å². The molecular formula is C17H16OS. The van der Waals surface area contributed by atoms with Gasteiger partial charge in [0.25, 0.3) is 0 Å². The molecule has 1 aromatic heterocycles. The lowest BCUT2D eigenvalue weighted by molar-refractivity contribution is 0.301. The van der Waals surface area contributed by atoms with Crippen molar-refractivity contribution >= 4 is 22.1 Å². The van der Waals surface area contributed by atoms with E-state index in [-0.39, 0.29) is 0 Å². The number of fused-ring (bicyclic) bond motifs is 1. The highest BCUT2D eigenvalue weighted by molar-refractivity contribution is 7.10. The van der Waals surface area contributed by atoms with Gasteiger partial charge >= 0.3 is 0 Å². The van der Waals surface area contributed by atoms with Gasteiger partial charge in [-0.2, -0.15) is 0 Å². The van der Waals surface area contributed by atoms with Crippen LogP contribution in [0.2, 0.25) is 0 Å². The Kier molecular flexibility index (Phi) is 3.51. The van der Waals surface area contributed by atoms with Gasteiger partial charge in [-0.3, -0.25) is 0 Å².